The van der Waals surface area contributed by atoms with E-state index < -0.39 is 29.7 Å². The van der Waals surface area contributed by atoms with Gasteiger partial charge in [0.05, 0.1) is 0 Å². The van der Waals surface area contributed by atoms with Crippen LogP contribution in [0.2, 0.25) is 0 Å². The van der Waals surface area contributed by atoms with Gasteiger partial charge in [0.2, 0.25) is 0 Å². The van der Waals surface area contributed by atoms with Gasteiger partial charge in [-0.25, -0.2) is 8.78 Å². The Morgan fingerprint density at radius 3 is 2.06 bits per heavy atom. The maximum atomic E-state index is 14.8. The average Bonchev–Trinajstić information content (AvgIpc) is 2.78. The molecule has 7 heteroatoms. The van der Waals surface area contributed by atoms with E-state index in [0.29, 0.717) is 12.1 Å². The van der Waals surface area contributed by atoms with Crippen molar-refractivity contribution in [3.63, 3.8) is 0 Å². The first-order valence-electron chi connectivity index (χ1n) is 11.5. The van der Waals surface area contributed by atoms with Crippen molar-refractivity contribution in [2.45, 2.75) is 82.5 Å². The van der Waals surface area contributed by atoms with Crippen LogP contribution in [0.15, 0.2) is 42.5 Å². The monoisotopic (exact) mass is 474 g/mol. The largest absolute Gasteiger partial charge is 0.426 e. The van der Waals surface area contributed by atoms with Crippen molar-refractivity contribution >= 4 is 0 Å². The van der Waals surface area contributed by atoms with E-state index in [1.165, 1.54) is 31.7 Å². The Morgan fingerprint density at radius 1 is 0.879 bits per heavy atom. The second-order valence-corrected chi connectivity index (χ2v) is 9.06. The van der Waals surface area contributed by atoms with Crippen LogP contribution in [0.1, 0.15) is 75.3 Å². The Hall–Kier alpha value is -2.05. The minimum atomic E-state index is -5.68. The molecule has 3 rings (SSSR count). The average molecular weight is 475 g/mol. The van der Waals surface area contributed by atoms with Gasteiger partial charge in [-0.2, -0.15) is 22.0 Å². The van der Waals surface area contributed by atoms with Gasteiger partial charge in [-0.3, -0.25) is 0 Å². The zero-order chi connectivity index (χ0) is 24.2. The smallest absolute Gasteiger partial charge is 0.230 e. The van der Waals surface area contributed by atoms with E-state index in [-0.39, 0.29) is 17.0 Å². The SMILES string of the molecule is CCCCCC1CCC(c2ccc(-c3ccc(C(F)(F)C(F)C(F)(F)F)cc3)c(F)c2)CC1. The molecule has 0 radical (unpaired) electrons. The quantitative estimate of drug-likeness (QED) is 0.264. The molecule has 0 aromatic heterocycles. The molecule has 0 bridgehead atoms. The van der Waals surface area contributed by atoms with E-state index in [0.717, 1.165) is 49.3 Å². The summed E-state index contributed by atoms with van der Waals surface area (Å²) in [5.41, 5.74) is 0.191. The first-order valence-corrected chi connectivity index (χ1v) is 11.5. The maximum absolute atomic E-state index is 14.8. The Kier molecular flexibility index (Phi) is 8.12. The molecule has 0 N–H and O–H groups in total. The molecule has 0 saturated heterocycles. The predicted molar refractivity (Wildman–Crippen MR) is 116 cm³/mol. The number of unbranched alkanes of at least 4 members (excludes halogenated alkanes) is 2. The van der Waals surface area contributed by atoms with Gasteiger partial charge in [0, 0.05) is 11.1 Å². The third-order valence-corrected chi connectivity index (χ3v) is 6.71. The summed E-state index contributed by atoms with van der Waals surface area (Å²) in [5, 5.41) is 0. The number of hydrogen-bond donors (Lipinski definition) is 0. The summed E-state index contributed by atoms with van der Waals surface area (Å²) >= 11 is 0. The van der Waals surface area contributed by atoms with Crippen LogP contribution in [-0.2, 0) is 5.92 Å². The number of alkyl halides is 6. The minimum absolute atomic E-state index is 0.162. The first kappa shape index (κ1) is 25.6. The first-order chi connectivity index (χ1) is 15.5. The van der Waals surface area contributed by atoms with Gasteiger partial charge in [0.15, 0.2) is 0 Å². The molecule has 0 nitrogen and oxygen atoms in total. The van der Waals surface area contributed by atoms with Crippen molar-refractivity contribution in [1.82, 2.24) is 0 Å². The molecule has 1 saturated carbocycles. The summed E-state index contributed by atoms with van der Waals surface area (Å²) < 4.78 is 93.0. The normalized spacial score (nSPS) is 20.6. The van der Waals surface area contributed by atoms with Crippen LogP contribution >= 0.6 is 0 Å². The van der Waals surface area contributed by atoms with E-state index in [2.05, 4.69) is 6.92 Å². The van der Waals surface area contributed by atoms with Crippen LogP contribution in [0.25, 0.3) is 11.1 Å². The third-order valence-electron chi connectivity index (χ3n) is 6.71. The minimum Gasteiger partial charge on any atom is -0.230 e. The number of halogens is 7. The fourth-order valence-electron chi connectivity index (χ4n) is 4.71. The van der Waals surface area contributed by atoms with Gasteiger partial charge in [0.1, 0.15) is 5.82 Å². The fourth-order valence-corrected chi connectivity index (χ4v) is 4.71. The van der Waals surface area contributed by atoms with E-state index in [1.807, 2.05) is 6.07 Å². The molecular weight excluding hydrogens is 445 g/mol. The van der Waals surface area contributed by atoms with Gasteiger partial charge < -0.3 is 0 Å². The lowest BCUT2D eigenvalue weighted by Gasteiger charge is -2.29. The van der Waals surface area contributed by atoms with Crippen LogP contribution in [0.3, 0.4) is 0 Å². The maximum Gasteiger partial charge on any atom is 0.426 e. The van der Waals surface area contributed by atoms with E-state index in [1.54, 1.807) is 6.07 Å². The van der Waals surface area contributed by atoms with Crippen molar-refractivity contribution in [1.29, 1.82) is 0 Å². The molecule has 0 heterocycles. The highest BCUT2D eigenvalue weighted by Crippen LogP contribution is 2.43. The summed E-state index contributed by atoms with van der Waals surface area (Å²) in [6.07, 6.45) is -0.782. The highest BCUT2D eigenvalue weighted by atomic mass is 19.4. The van der Waals surface area contributed by atoms with Crippen LogP contribution in [0, 0.1) is 11.7 Å². The molecule has 1 aliphatic carbocycles. The van der Waals surface area contributed by atoms with Gasteiger partial charge in [-0.1, -0.05) is 69.0 Å². The molecule has 0 spiro atoms. The topological polar surface area (TPSA) is 0 Å². The Labute approximate surface area is 190 Å². The predicted octanol–water partition coefficient (Wildman–Crippen LogP) is 9.34. The second-order valence-electron chi connectivity index (χ2n) is 9.06. The second kappa shape index (κ2) is 10.5. The molecule has 1 aliphatic rings. The molecule has 2 aromatic carbocycles. The number of rotatable bonds is 8. The summed E-state index contributed by atoms with van der Waals surface area (Å²) in [5.74, 6) is -4.24. The zero-order valence-electron chi connectivity index (χ0n) is 18.6. The molecule has 0 aliphatic heterocycles. The van der Waals surface area contributed by atoms with Crippen molar-refractivity contribution in [3.8, 4) is 11.1 Å². The van der Waals surface area contributed by atoms with Gasteiger partial charge in [-0.15, -0.1) is 0 Å². The van der Waals surface area contributed by atoms with Gasteiger partial charge in [0.25, 0.3) is 6.17 Å². The lowest BCUT2D eigenvalue weighted by atomic mass is 9.77. The molecular formula is C26H29F7. The van der Waals surface area contributed by atoms with Crippen LogP contribution in [-0.4, -0.2) is 12.3 Å². The number of benzene rings is 2. The highest BCUT2D eigenvalue weighted by Gasteiger charge is 2.57. The summed E-state index contributed by atoms with van der Waals surface area (Å²) in [4.78, 5) is 0. The summed E-state index contributed by atoms with van der Waals surface area (Å²) in [6, 6.07) is 8.45. The van der Waals surface area contributed by atoms with Crippen LogP contribution in [0.4, 0.5) is 30.7 Å². The van der Waals surface area contributed by atoms with Crippen molar-refractivity contribution in [2.75, 3.05) is 0 Å². The lowest BCUT2D eigenvalue weighted by molar-refractivity contribution is -0.248. The van der Waals surface area contributed by atoms with E-state index in [4.69, 9.17) is 0 Å². The van der Waals surface area contributed by atoms with Crippen molar-refractivity contribution in [2.24, 2.45) is 5.92 Å². The molecule has 33 heavy (non-hydrogen) atoms. The van der Waals surface area contributed by atoms with Gasteiger partial charge in [-0.05, 0) is 54.7 Å². The van der Waals surface area contributed by atoms with Gasteiger partial charge >= 0.3 is 12.1 Å². The fraction of sp³-hybridized carbons (Fsp3) is 0.538. The molecule has 0 amide bonds. The molecule has 182 valence electrons. The molecule has 1 fully saturated rings. The molecule has 2 aromatic rings. The Balaban J connectivity index is 1.68. The number of hydrogen-bond acceptors (Lipinski definition) is 0. The summed E-state index contributed by atoms with van der Waals surface area (Å²) in [7, 11) is 0. The molecule has 1 atom stereocenters. The third kappa shape index (κ3) is 6.10. The van der Waals surface area contributed by atoms with Crippen LogP contribution in [0.5, 0.6) is 0 Å². The Bertz CT molecular complexity index is 894. The zero-order valence-corrected chi connectivity index (χ0v) is 18.6. The van der Waals surface area contributed by atoms with Crippen LogP contribution < -0.4 is 0 Å². The highest BCUT2D eigenvalue weighted by molar-refractivity contribution is 5.65. The standard InChI is InChI=1S/C26H29F7/c1-2-3-4-5-17-6-8-18(9-7-17)20-12-15-22(23(27)16-20)19-10-13-21(14-11-19)25(29,30)24(28)26(31,32)33/h10-18,24H,2-9H2,1H3. The summed E-state index contributed by atoms with van der Waals surface area (Å²) in [6.45, 7) is 2.19. The molecule has 1 unspecified atom stereocenters. The lowest BCUT2D eigenvalue weighted by Crippen LogP contribution is -2.39. The van der Waals surface area contributed by atoms with Crippen molar-refractivity contribution < 1.29 is 30.7 Å². The van der Waals surface area contributed by atoms with E-state index in [9.17, 15) is 30.7 Å². The van der Waals surface area contributed by atoms with E-state index >= 15 is 0 Å². The Morgan fingerprint density at radius 2 is 1.52 bits per heavy atom. The van der Waals surface area contributed by atoms with Crippen molar-refractivity contribution in [3.05, 3.63) is 59.4 Å².